The van der Waals surface area contributed by atoms with Crippen molar-refractivity contribution in [1.82, 2.24) is 0 Å². The van der Waals surface area contributed by atoms with E-state index in [1.165, 1.54) is 0 Å². The minimum Gasteiger partial charge on any atom is -0.508 e. The lowest BCUT2D eigenvalue weighted by atomic mass is 10.3. The molecular formula is C14H15FO2. The number of phenols is 2. The van der Waals surface area contributed by atoms with Gasteiger partial charge in [0, 0.05) is 0 Å². The third-order valence-electron chi connectivity index (χ3n) is 1.51. The second kappa shape index (κ2) is 10.2. The van der Waals surface area contributed by atoms with Gasteiger partial charge in [-0.1, -0.05) is 43.0 Å². The summed E-state index contributed by atoms with van der Waals surface area (Å²) in [6, 6.07) is 17.4. The van der Waals surface area contributed by atoms with Gasteiger partial charge in [0.2, 0.25) is 0 Å². The lowest BCUT2D eigenvalue weighted by Gasteiger charge is -1.82. The van der Waals surface area contributed by atoms with Gasteiger partial charge in [-0.15, -0.1) is 0 Å². The van der Waals surface area contributed by atoms with Crippen LogP contribution in [0.15, 0.2) is 73.6 Å². The molecule has 2 aromatic carbocycles. The standard InChI is InChI=1S/2C6H6O.C2H3F/c2*7-6-4-2-1-3-5-6;1-2-3/h2*1-5,7H;2H,1H2. The minimum atomic E-state index is 0.250. The highest BCUT2D eigenvalue weighted by Crippen LogP contribution is 2.03. The molecule has 2 rings (SSSR count). The zero-order valence-corrected chi connectivity index (χ0v) is 9.33. The highest BCUT2D eigenvalue weighted by atomic mass is 19.1. The van der Waals surface area contributed by atoms with Crippen LogP contribution in [0.25, 0.3) is 0 Å². The molecule has 0 aliphatic rings. The molecule has 0 amide bonds. The molecule has 0 saturated carbocycles. The quantitative estimate of drug-likeness (QED) is 0.726. The van der Waals surface area contributed by atoms with E-state index in [0.717, 1.165) is 0 Å². The number of phenolic OH excluding ortho intramolecular Hbond substituents is 2. The van der Waals surface area contributed by atoms with E-state index in [0.29, 0.717) is 11.5 Å². The zero-order chi connectivity index (χ0) is 12.9. The Morgan fingerprint density at radius 2 is 1.00 bits per heavy atom. The summed E-state index contributed by atoms with van der Waals surface area (Å²) in [7, 11) is 0. The maximum atomic E-state index is 10.1. The summed E-state index contributed by atoms with van der Waals surface area (Å²) in [4.78, 5) is 0. The van der Waals surface area contributed by atoms with E-state index in [4.69, 9.17) is 10.2 Å². The van der Waals surface area contributed by atoms with E-state index in [1.807, 2.05) is 12.1 Å². The predicted octanol–water partition coefficient (Wildman–Crippen LogP) is 3.88. The van der Waals surface area contributed by atoms with Gasteiger partial charge in [-0.3, -0.25) is 0 Å². The van der Waals surface area contributed by atoms with Crippen LogP contribution in [0.3, 0.4) is 0 Å². The lowest BCUT2D eigenvalue weighted by Crippen LogP contribution is -1.56. The molecule has 2 nitrogen and oxygen atoms in total. The molecule has 0 bridgehead atoms. The van der Waals surface area contributed by atoms with Crippen molar-refractivity contribution < 1.29 is 14.6 Å². The molecule has 90 valence electrons. The number of rotatable bonds is 0. The summed E-state index contributed by atoms with van der Waals surface area (Å²) in [6.45, 7) is 2.69. The molecule has 0 aromatic heterocycles. The molecule has 17 heavy (non-hydrogen) atoms. The summed E-state index contributed by atoms with van der Waals surface area (Å²) in [5, 5.41) is 17.3. The first kappa shape index (κ1) is 14.7. The third-order valence-corrected chi connectivity index (χ3v) is 1.51. The molecule has 3 heteroatoms. The van der Waals surface area contributed by atoms with Gasteiger partial charge in [-0.05, 0) is 24.3 Å². The monoisotopic (exact) mass is 234 g/mol. The maximum Gasteiger partial charge on any atom is 0.115 e. The van der Waals surface area contributed by atoms with E-state index < -0.39 is 0 Å². The number of hydrogen-bond acceptors (Lipinski definition) is 2. The molecular weight excluding hydrogens is 219 g/mol. The molecule has 2 aromatic rings. The Morgan fingerprint density at radius 1 is 0.765 bits per heavy atom. The first-order valence-corrected chi connectivity index (χ1v) is 4.90. The molecule has 0 aliphatic heterocycles. The number of aromatic hydroxyl groups is 2. The van der Waals surface area contributed by atoms with E-state index >= 15 is 0 Å². The Hall–Kier alpha value is -2.29. The van der Waals surface area contributed by atoms with Crippen molar-refractivity contribution in [1.29, 1.82) is 0 Å². The third kappa shape index (κ3) is 10.0. The zero-order valence-electron chi connectivity index (χ0n) is 9.33. The van der Waals surface area contributed by atoms with Crippen LogP contribution >= 0.6 is 0 Å². The largest absolute Gasteiger partial charge is 0.508 e. The van der Waals surface area contributed by atoms with E-state index in [2.05, 4.69) is 6.58 Å². The number of para-hydroxylation sites is 2. The summed E-state index contributed by atoms with van der Waals surface area (Å²) in [5.41, 5.74) is 0. The molecule has 0 heterocycles. The van der Waals surface area contributed by atoms with Crippen molar-refractivity contribution in [2.45, 2.75) is 0 Å². The average Bonchev–Trinajstić information content (AvgIpc) is 2.33. The molecule has 2 N–H and O–H groups in total. The number of benzene rings is 2. The highest BCUT2D eigenvalue weighted by molar-refractivity contribution is 5.19. The van der Waals surface area contributed by atoms with Crippen molar-refractivity contribution in [2.75, 3.05) is 0 Å². The SMILES string of the molecule is C=CF.Oc1ccccc1.Oc1ccccc1. The van der Waals surface area contributed by atoms with Crippen LogP contribution in [-0.4, -0.2) is 10.2 Å². The topological polar surface area (TPSA) is 40.5 Å². The fourth-order valence-electron chi connectivity index (χ4n) is 0.856. The predicted molar refractivity (Wildman–Crippen MR) is 67.5 cm³/mol. The second-order valence-corrected chi connectivity index (χ2v) is 2.83. The van der Waals surface area contributed by atoms with Crippen LogP contribution in [0, 0.1) is 0 Å². The van der Waals surface area contributed by atoms with Gasteiger partial charge in [0.1, 0.15) is 11.5 Å². The summed E-state index contributed by atoms with van der Waals surface area (Å²) >= 11 is 0. The van der Waals surface area contributed by atoms with Crippen molar-refractivity contribution in [3.05, 3.63) is 73.6 Å². The van der Waals surface area contributed by atoms with Gasteiger partial charge in [-0.2, -0.15) is 0 Å². The molecule has 0 saturated heterocycles. The van der Waals surface area contributed by atoms with Gasteiger partial charge in [0.05, 0.1) is 6.33 Å². The van der Waals surface area contributed by atoms with Gasteiger partial charge in [0.25, 0.3) is 0 Å². The van der Waals surface area contributed by atoms with Crippen molar-refractivity contribution in [3.63, 3.8) is 0 Å². The van der Waals surface area contributed by atoms with E-state index in [9.17, 15) is 4.39 Å². The second-order valence-electron chi connectivity index (χ2n) is 2.83. The molecule has 0 radical (unpaired) electrons. The highest BCUT2D eigenvalue weighted by Gasteiger charge is 1.75. The Balaban J connectivity index is 0.000000247. The van der Waals surface area contributed by atoms with Gasteiger partial charge in [0.15, 0.2) is 0 Å². The first-order valence-electron chi connectivity index (χ1n) is 4.90. The van der Waals surface area contributed by atoms with Gasteiger partial charge in [-0.25, -0.2) is 4.39 Å². The molecule has 0 unspecified atom stereocenters. The van der Waals surface area contributed by atoms with Crippen molar-refractivity contribution >= 4 is 0 Å². The summed E-state index contributed by atoms with van der Waals surface area (Å²) < 4.78 is 10.1. The van der Waals surface area contributed by atoms with Crippen LogP contribution in [0.5, 0.6) is 11.5 Å². The normalized spacial score (nSPS) is 7.82. The molecule has 0 fully saturated rings. The Morgan fingerprint density at radius 3 is 1.12 bits per heavy atom. The Kier molecular flexibility index (Phi) is 8.86. The molecule has 0 spiro atoms. The maximum absolute atomic E-state index is 10.1. The van der Waals surface area contributed by atoms with Crippen LogP contribution in [0.1, 0.15) is 0 Å². The summed E-state index contributed by atoms with van der Waals surface area (Å²) in [5.74, 6) is 0.644. The Bertz CT molecular complexity index is 350. The minimum absolute atomic E-state index is 0.250. The molecule has 0 atom stereocenters. The van der Waals surface area contributed by atoms with Gasteiger partial charge < -0.3 is 10.2 Å². The first-order chi connectivity index (χ1) is 8.20. The smallest absolute Gasteiger partial charge is 0.115 e. The van der Waals surface area contributed by atoms with Crippen LogP contribution in [0.2, 0.25) is 0 Å². The van der Waals surface area contributed by atoms with Crippen molar-refractivity contribution in [2.24, 2.45) is 0 Å². The van der Waals surface area contributed by atoms with E-state index in [1.54, 1.807) is 48.5 Å². The van der Waals surface area contributed by atoms with Crippen molar-refractivity contribution in [3.8, 4) is 11.5 Å². The lowest BCUT2D eigenvalue weighted by molar-refractivity contribution is 0.475. The van der Waals surface area contributed by atoms with Crippen LogP contribution in [0.4, 0.5) is 4.39 Å². The number of hydrogen-bond donors (Lipinski definition) is 2. The van der Waals surface area contributed by atoms with Crippen LogP contribution < -0.4 is 0 Å². The summed E-state index contributed by atoms with van der Waals surface area (Å²) in [6.07, 6.45) is 0.250. The molecule has 0 aliphatic carbocycles. The van der Waals surface area contributed by atoms with Gasteiger partial charge >= 0.3 is 0 Å². The number of halogens is 1. The average molecular weight is 234 g/mol. The fourth-order valence-corrected chi connectivity index (χ4v) is 0.856. The Labute approximate surface area is 100 Å². The van der Waals surface area contributed by atoms with Crippen LogP contribution in [-0.2, 0) is 0 Å². The fraction of sp³-hybridized carbons (Fsp3) is 0. The van der Waals surface area contributed by atoms with E-state index in [-0.39, 0.29) is 6.33 Å².